The molecule has 1 aliphatic rings. The molecule has 0 bridgehead atoms. The van der Waals surface area contributed by atoms with Crippen LogP contribution in [0.15, 0.2) is 42.5 Å². The molecule has 2 aromatic rings. The van der Waals surface area contributed by atoms with E-state index in [-0.39, 0.29) is 29.9 Å². The van der Waals surface area contributed by atoms with Gasteiger partial charge in [0, 0.05) is 23.8 Å². The minimum Gasteiger partial charge on any atom is -0.370 e. The first-order valence-electron chi connectivity index (χ1n) is 10.3. The summed E-state index contributed by atoms with van der Waals surface area (Å²) in [6.07, 6.45) is 1.07. The molecule has 1 saturated heterocycles. The molecule has 3 rings (SSSR count). The minimum atomic E-state index is -0.560. The highest BCUT2D eigenvalue weighted by molar-refractivity contribution is 5.96. The van der Waals surface area contributed by atoms with Gasteiger partial charge < -0.3 is 15.0 Å². The number of hydrogen-bond acceptors (Lipinski definition) is 4. The molecular weight excluding hydrogens is 397 g/mol. The minimum absolute atomic E-state index is 0.0190. The first kappa shape index (κ1) is 22.4. The maximum atomic E-state index is 13.6. The summed E-state index contributed by atoms with van der Waals surface area (Å²) >= 11 is 0. The number of rotatable bonds is 7. The van der Waals surface area contributed by atoms with Crippen LogP contribution in [0.1, 0.15) is 31.4 Å². The molecule has 1 atom stereocenters. The van der Waals surface area contributed by atoms with Crippen molar-refractivity contribution in [1.82, 2.24) is 0 Å². The topological polar surface area (TPSA) is 82.4 Å². The monoisotopic (exact) mass is 423 g/mol. The van der Waals surface area contributed by atoms with Gasteiger partial charge in [0.05, 0.1) is 12.2 Å². The molecule has 0 spiro atoms. The molecule has 0 radical (unpaired) electrons. The number of nitriles is 1. The first-order valence-corrected chi connectivity index (χ1v) is 10.3. The van der Waals surface area contributed by atoms with Crippen LogP contribution < -0.4 is 10.2 Å². The third kappa shape index (κ3) is 5.89. The predicted octanol–water partition coefficient (Wildman–Crippen LogP) is 3.90. The molecule has 6 nitrogen and oxygen atoms in total. The summed E-state index contributed by atoms with van der Waals surface area (Å²) in [4.78, 5) is 26.6. The molecule has 162 valence electrons. The van der Waals surface area contributed by atoms with Crippen molar-refractivity contribution < 1.29 is 18.7 Å². The summed E-state index contributed by atoms with van der Waals surface area (Å²) in [5.74, 6) is -0.809. The van der Waals surface area contributed by atoms with Gasteiger partial charge in [0.2, 0.25) is 5.91 Å². The summed E-state index contributed by atoms with van der Waals surface area (Å²) < 4.78 is 18.8. The molecule has 0 aromatic heterocycles. The lowest BCUT2D eigenvalue weighted by molar-refractivity contribution is -0.125. The number of hydrogen-bond donors (Lipinski definition) is 1. The van der Waals surface area contributed by atoms with Gasteiger partial charge in [0.15, 0.2) is 0 Å². The largest absolute Gasteiger partial charge is 0.370 e. The summed E-state index contributed by atoms with van der Waals surface area (Å²) in [5.41, 5.74) is 2.13. The van der Waals surface area contributed by atoms with Gasteiger partial charge in [-0.3, -0.25) is 9.59 Å². The van der Waals surface area contributed by atoms with E-state index in [0.717, 1.165) is 11.3 Å². The van der Waals surface area contributed by atoms with Crippen LogP contribution in [0.4, 0.5) is 15.8 Å². The zero-order chi connectivity index (χ0) is 22.4. The van der Waals surface area contributed by atoms with Gasteiger partial charge in [-0.05, 0) is 60.7 Å². The highest BCUT2D eigenvalue weighted by atomic mass is 19.1. The Morgan fingerprint density at radius 1 is 1.26 bits per heavy atom. The van der Waals surface area contributed by atoms with Crippen molar-refractivity contribution in [3.8, 4) is 6.07 Å². The highest BCUT2D eigenvalue weighted by Crippen LogP contribution is 2.23. The van der Waals surface area contributed by atoms with E-state index in [1.165, 1.54) is 12.1 Å². The molecule has 7 heteroatoms. The average molecular weight is 423 g/mol. The molecule has 2 amide bonds. The number of nitrogens with zero attached hydrogens (tertiary/aromatic N) is 2. The van der Waals surface area contributed by atoms with Crippen molar-refractivity contribution in [2.45, 2.75) is 26.7 Å². The second-order valence-electron chi connectivity index (χ2n) is 8.09. The van der Waals surface area contributed by atoms with Gasteiger partial charge in [-0.2, -0.15) is 5.26 Å². The van der Waals surface area contributed by atoms with E-state index in [0.29, 0.717) is 37.6 Å². The van der Waals surface area contributed by atoms with E-state index in [9.17, 15) is 14.0 Å². The Kier molecular flexibility index (Phi) is 7.37. The van der Waals surface area contributed by atoms with Crippen LogP contribution in [0.25, 0.3) is 0 Å². The molecule has 1 N–H and O–H groups in total. The molecular formula is C24H26FN3O3. The molecule has 1 unspecified atom stereocenters. The van der Waals surface area contributed by atoms with Crippen LogP contribution >= 0.6 is 0 Å². The van der Waals surface area contributed by atoms with Crippen molar-refractivity contribution in [3.05, 3.63) is 59.4 Å². The number of benzene rings is 2. The van der Waals surface area contributed by atoms with Gasteiger partial charge in [-0.25, -0.2) is 4.39 Å². The number of carbonyl (C=O) groups excluding carboxylic acids is 2. The van der Waals surface area contributed by atoms with Gasteiger partial charge in [0.1, 0.15) is 18.5 Å². The van der Waals surface area contributed by atoms with Crippen molar-refractivity contribution in [3.63, 3.8) is 0 Å². The van der Waals surface area contributed by atoms with Gasteiger partial charge in [-0.15, -0.1) is 0 Å². The van der Waals surface area contributed by atoms with Crippen LogP contribution in [-0.4, -0.2) is 31.6 Å². The van der Waals surface area contributed by atoms with Crippen LogP contribution in [0, 0.1) is 29.0 Å². The number of amides is 2. The normalized spacial score (nSPS) is 14.9. The van der Waals surface area contributed by atoms with Gasteiger partial charge >= 0.3 is 0 Å². The number of nitrogens with one attached hydrogen (secondary N) is 1. The van der Waals surface area contributed by atoms with Crippen LogP contribution in [0.3, 0.4) is 0 Å². The van der Waals surface area contributed by atoms with E-state index in [2.05, 4.69) is 5.32 Å². The fourth-order valence-electron chi connectivity index (χ4n) is 3.68. The smallest absolute Gasteiger partial charge is 0.253 e. The van der Waals surface area contributed by atoms with Crippen LogP contribution in [-0.2, 0) is 20.7 Å². The van der Waals surface area contributed by atoms with E-state index >= 15 is 0 Å². The fourth-order valence-corrected chi connectivity index (χ4v) is 3.68. The fraction of sp³-hybridized carbons (Fsp3) is 0.375. The van der Waals surface area contributed by atoms with E-state index in [4.69, 9.17) is 10.00 Å². The van der Waals surface area contributed by atoms with Crippen LogP contribution in [0.2, 0.25) is 0 Å². The lowest BCUT2D eigenvalue weighted by atomic mass is 9.89. The quantitative estimate of drug-likeness (QED) is 0.732. The maximum Gasteiger partial charge on any atom is 0.253 e. The first-order chi connectivity index (χ1) is 14.9. The zero-order valence-electron chi connectivity index (χ0n) is 17.7. The third-order valence-electron chi connectivity index (χ3n) is 5.19. The number of ether oxygens (including phenoxy) is 1. The number of morpholine rings is 1. The van der Waals surface area contributed by atoms with E-state index in [1.54, 1.807) is 35.2 Å². The number of halogens is 1. The van der Waals surface area contributed by atoms with Crippen molar-refractivity contribution >= 4 is 23.2 Å². The molecule has 1 aliphatic heterocycles. The Labute approximate surface area is 181 Å². The van der Waals surface area contributed by atoms with Crippen molar-refractivity contribution in [1.29, 1.82) is 5.26 Å². The Bertz CT molecular complexity index is 983. The molecule has 0 aliphatic carbocycles. The van der Waals surface area contributed by atoms with Crippen molar-refractivity contribution in [2.75, 3.05) is 30.0 Å². The predicted molar refractivity (Wildman–Crippen MR) is 116 cm³/mol. The molecule has 2 aromatic carbocycles. The lowest BCUT2D eigenvalue weighted by Crippen LogP contribution is -2.41. The van der Waals surface area contributed by atoms with E-state index < -0.39 is 5.82 Å². The summed E-state index contributed by atoms with van der Waals surface area (Å²) in [6, 6.07) is 13.4. The van der Waals surface area contributed by atoms with Gasteiger partial charge in [0.25, 0.3) is 5.91 Å². The summed E-state index contributed by atoms with van der Waals surface area (Å²) in [5, 5.41) is 12.0. The summed E-state index contributed by atoms with van der Waals surface area (Å²) in [7, 11) is 0. The molecule has 0 saturated carbocycles. The molecule has 1 fully saturated rings. The Balaban J connectivity index is 1.70. The Morgan fingerprint density at radius 2 is 2.00 bits per heavy atom. The second-order valence-corrected chi connectivity index (χ2v) is 8.09. The maximum absolute atomic E-state index is 13.6. The van der Waals surface area contributed by atoms with E-state index in [1.807, 2.05) is 19.9 Å². The second kappa shape index (κ2) is 10.2. The average Bonchev–Trinajstić information content (AvgIpc) is 2.75. The SMILES string of the molecule is CC(C)CC(Cc1ccc(F)c(C#N)c1)C(=O)Nc1ccc(N2CCOCC2=O)cc1. The molecule has 1 heterocycles. The zero-order valence-corrected chi connectivity index (χ0v) is 17.7. The lowest BCUT2D eigenvalue weighted by Gasteiger charge is -2.27. The highest BCUT2D eigenvalue weighted by Gasteiger charge is 2.22. The molecule has 31 heavy (non-hydrogen) atoms. The number of carbonyl (C=O) groups is 2. The summed E-state index contributed by atoms with van der Waals surface area (Å²) in [6.45, 7) is 5.16. The Hall–Kier alpha value is -3.24. The Morgan fingerprint density at radius 3 is 2.65 bits per heavy atom. The van der Waals surface area contributed by atoms with Gasteiger partial charge in [-0.1, -0.05) is 19.9 Å². The third-order valence-corrected chi connectivity index (χ3v) is 5.19. The van der Waals surface area contributed by atoms with Crippen LogP contribution in [0.5, 0.6) is 0 Å². The number of anilines is 2. The van der Waals surface area contributed by atoms with Crippen molar-refractivity contribution in [2.24, 2.45) is 11.8 Å². The standard InChI is InChI=1S/C24H26FN3O3/c1-16(2)11-18(12-17-3-8-22(25)19(13-17)14-26)24(30)27-20-4-6-21(7-5-20)28-9-10-31-15-23(28)29/h3-8,13,16,18H,9-12,15H2,1-2H3,(H,27,30).